The first kappa shape index (κ1) is 10.3. The van der Waals surface area contributed by atoms with Gasteiger partial charge in [0.25, 0.3) is 0 Å². The van der Waals surface area contributed by atoms with Gasteiger partial charge in [-0.25, -0.2) is 15.0 Å². The molecule has 0 aromatic carbocycles. The Morgan fingerprint density at radius 2 is 2.27 bits per heavy atom. The van der Waals surface area contributed by atoms with Crippen LogP contribution in [0.1, 0.15) is 0 Å². The lowest BCUT2D eigenvalue weighted by molar-refractivity contribution is 0.897. The number of aromatic amines is 1. The molecule has 0 saturated heterocycles. The molecule has 0 saturated carbocycles. The molecular weight excluding hydrogens is 230 g/mol. The van der Waals surface area contributed by atoms with Crippen LogP contribution < -0.4 is 5.73 Å². The van der Waals surface area contributed by atoms with Crippen molar-refractivity contribution in [1.29, 1.82) is 0 Å². The normalized spacial score (nSPS) is 10.5. The molecule has 0 unspecified atom stereocenters. The van der Waals surface area contributed by atoms with Crippen molar-refractivity contribution in [2.45, 2.75) is 15.3 Å². The summed E-state index contributed by atoms with van der Waals surface area (Å²) in [6.07, 6.45) is 5.38. The van der Waals surface area contributed by atoms with Crippen LogP contribution in [-0.4, -0.2) is 26.2 Å². The summed E-state index contributed by atoms with van der Waals surface area (Å²) in [6, 6.07) is 1.73. The lowest BCUT2D eigenvalue weighted by Crippen LogP contribution is -1.95. The molecule has 0 aliphatic heterocycles. The summed E-state index contributed by atoms with van der Waals surface area (Å²) in [5.41, 5.74) is 5.66. The third-order valence-electron chi connectivity index (χ3n) is 1.56. The van der Waals surface area contributed by atoms with Crippen LogP contribution in [0.2, 0.25) is 0 Å². The lowest BCUT2D eigenvalue weighted by Gasteiger charge is -2.01. The van der Waals surface area contributed by atoms with E-state index < -0.39 is 0 Å². The summed E-state index contributed by atoms with van der Waals surface area (Å²) in [5, 5.41) is 2.26. The fraction of sp³-hybridized carbons (Fsp3) is 0.125. The number of anilines is 1. The van der Waals surface area contributed by atoms with E-state index in [4.69, 9.17) is 5.73 Å². The van der Waals surface area contributed by atoms with Crippen molar-refractivity contribution in [2.75, 3.05) is 12.0 Å². The molecule has 0 amide bonds. The number of imidazole rings is 1. The largest absolute Gasteiger partial charge is 0.384 e. The molecule has 15 heavy (non-hydrogen) atoms. The number of hydrogen-bond donors (Lipinski definition) is 2. The Morgan fingerprint density at radius 1 is 1.40 bits per heavy atom. The second kappa shape index (κ2) is 4.54. The topological polar surface area (TPSA) is 80.5 Å². The summed E-state index contributed by atoms with van der Waals surface area (Å²) >= 11 is 2.89. The smallest absolute Gasteiger partial charge is 0.190 e. The molecule has 78 valence electrons. The standard InChI is InChI=1S/C8H9N5S2/c1-14-8-12-5(9)4-6(13-8)15-7-10-2-3-11-7/h2-4H,1H3,(H,10,11)(H2,9,12,13). The highest BCUT2D eigenvalue weighted by Gasteiger charge is 2.04. The molecule has 2 aromatic rings. The highest BCUT2D eigenvalue weighted by atomic mass is 32.2. The van der Waals surface area contributed by atoms with Crippen molar-refractivity contribution in [3.05, 3.63) is 18.5 Å². The molecule has 0 spiro atoms. The highest BCUT2D eigenvalue weighted by molar-refractivity contribution is 7.99. The monoisotopic (exact) mass is 239 g/mol. The molecule has 5 nitrogen and oxygen atoms in total. The van der Waals surface area contributed by atoms with Gasteiger partial charge in [-0.1, -0.05) is 11.8 Å². The van der Waals surface area contributed by atoms with Crippen molar-refractivity contribution in [2.24, 2.45) is 0 Å². The molecule has 7 heteroatoms. The van der Waals surface area contributed by atoms with Crippen LogP contribution in [0.3, 0.4) is 0 Å². The summed E-state index contributed by atoms with van der Waals surface area (Å²) in [5.74, 6) is 0.475. The maximum absolute atomic E-state index is 5.66. The van der Waals surface area contributed by atoms with Crippen LogP contribution in [0.15, 0.2) is 33.8 Å². The number of nitrogens with two attached hydrogens (primary N) is 1. The van der Waals surface area contributed by atoms with E-state index >= 15 is 0 Å². The summed E-state index contributed by atoms with van der Waals surface area (Å²) in [4.78, 5) is 15.5. The Bertz CT molecular complexity index is 442. The maximum atomic E-state index is 5.66. The second-order valence-electron chi connectivity index (χ2n) is 2.61. The Hall–Kier alpha value is -1.21. The molecule has 0 radical (unpaired) electrons. The number of thioether (sulfide) groups is 1. The minimum atomic E-state index is 0.475. The number of aromatic nitrogens is 4. The lowest BCUT2D eigenvalue weighted by atomic mass is 10.6. The summed E-state index contributed by atoms with van der Waals surface area (Å²) in [6.45, 7) is 0. The number of hydrogen-bond acceptors (Lipinski definition) is 6. The van der Waals surface area contributed by atoms with Gasteiger partial charge in [0.15, 0.2) is 10.3 Å². The number of nitrogens with one attached hydrogen (secondary N) is 1. The van der Waals surface area contributed by atoms with Gasteiger partial charge in [-0.2, -0.15) is 0 Å². The fourth-order valence-electron chi connectivity index (χ4n) is 0.970. The van der Waals surface area contributed by atoms with E-state index in [0.717, 1.165) is 10.2 Å². The minimum absolute atomic E-state index is 0.475. The molecule has 0 fully saturated rings. The van der Waals surface area contributed by atoms with Gasteiger partial charge in [-0.05, 0) is 18.0 Å². The fourth-order valence-corrected chi connectivity index (χ4v) is 2.16. The first-order chi connectivity index (χ1) is 7.28. The van der Waals surface area contributed by atoms with E-state index in [1.165, 1.54) is 23.5 Å². The maximum Gasteiger partial charge on any atom is 0.190 e. The zero-order valence-corrected chi connectivity index (χ0v) is 9.60. The first-order valence-corrected chi connectivity index (χ1v) is 6.18. The van der Waals surface area contributed by atoms with Crippen molar-refractivity contribution in [3.8, 4) is 0 Å². The minimum Gasteiger partial charge on any atom is -0.384 e. The molecule has 0 atom stereocenters. The molecule has 2 aromatic heterocycles. The van der Waals surface area contributed by atoms with Gasteiger partial charge >= 0.3 is 0 Å². The molecule has 0 bridgehead atoms. The van der Waals surface area contributed by atoms with E-state index in [-0.39, 0.29) is 0 Å². The van der Waals surface area contributed by atoms with Crippen molar-refractivity contribution >= 4 is 29.3 Å². The van der Waals surface area contributed by atoms with Gasteiger partial charge in [0.1, 0.15) is 10.8 Å². The average Bonchev–Trinajstić information content (AvgIpc) is 2.69. The van der Waals surface area contributed by atoms with Gasteiger partial charge in [-0.15, -0.1) is 0 Å². The van der Waals surface area contributed by atoms with Crippen LogP contribution >= 0.6 is 23.5 Å². The number of rotatable bonds is 3. The van der Waals surface area contributed by atoms with E-state index in [2.05, 4.69) is 19.9 Å². The van der Waals surface area contributed by atoms with E-state index in [1.54, 1.807) is 18.5 Å². The van der Waals surface area contributed by atoms with Gasteiger partial charge in [0.2, 0.25) is 0 Å². The van der Waals surface area contributed by atoms with E-state index in [0.29, 0.717) is 11.0 Å². The summed E-state index contributed by atoms with van der Waals surface area (Å²) < 4.78 is 0. The average molecular weight is 239 g/mol. The third kappa shape index (κ3) is 2.63. The second-order valence-corrected chi connectivity index (χ2v) is 4.40. The Kier molecular flexibility index (Phi) is 3.12. The molecule has 2 rings (SSSR count). The number of H-pyrrole nitrogens is 1. The van der Waals surface area contributed by atoms with Crippen LogP contribution in [0.4, 0.5) is 5.82 Å². The quantitative estimate of drug-likeness (QED) is 0.481. The molecule has 0 aliphatic carbocycles. The third-order valence-corrected chi connectivity index (χ3v) is 2.94. The Morgan fingerprint density at radius 3 is 2.93 bits per heavy atom. The van der Waals surface area contributed by atoms with Gasteiger partial charge in [0, 0.05) is 18.5 Å². The van der Waals surface area contributed by atoms with Crippen molar-refractivity contribution < 1.29 is 0 Å². The van der Waals surface area contributed by atoms with E-state index in [9.17, 15) is 0 Å². The SMILES string of the molecule is CSc1nc(N)cc(Sc2ncc[nH]2)n1. The number of nitrogens with zero attached hydrogens (tertiary/aromatic N) is 3. The van der Waals surface area contributed by atoms with Crippen LogP contribution in [0.25, 0.3) is 0 Å². The van der Waals surface area contributed by atoms with Gasteiger partial charge in [0.05, 0.1) is 0 Å². The first-order valence-electron chi connectivity index (χ1n) is 4.13. The molecule has 2 heterocycles. The molecule has 3 N–H and O–H groups in total. The molecular formula is C8H9N5S2. The van der Waals surface area contributed by atoms with Crippen molar-refractivity contribution in [1.82, 2.24) is 19.9 Å². The molecule has 0 aliphatic rings. The summed E-state index contributed by atoms with van der Waals surface area (Å²) in [7, 11) is 0. The Balaban J connectivity index is 2.24. The number of nitrogen functional groups attached to an aromatic ring is 1. The zero-order valence-electron chi connectivity index (χ0n) is 7.97. The predicted molar refractivity (Wildman–Crippen MR) is 60.9 cm³/mol. The van der Waals surface area contributed by atoms with Crippen LogP contribution in [-0.2, 0) is 0 Å². The Labute approximate surface area is 95.3 Å². The highest BCUT2D eigenvalue weighted by Crippen LogP contribution is 2.25. The van der Waals surface area contributed by atoms with Gasteiger partial charge < -0.3 is 10.7 Å². The zero-order chi connectivity index (χ0) is 10.7. The van der Waals surface area contributed by atoms with Crippen molar-refractivity contribution in [3.63, 3.8) is 0 Å². The van der Waals surface area contributed by atoms with Crippen LogP contribution in [0, 0.1) is 0 Å². The van der Waals surface area contributed by atoms with Gasteiger partial charge in [-0.3, -0.25) is 0 Å². The van der Waals surface area contributed by atoms with Crippen LogP contribution in [0.5, 0.6) is 0 Å². The predicted octanol–water partition coefficient (Wildman–Crippen LogP) is 1.65. The van der Waals surface area contributed by atoms with E-state index in [1.807, 2.05) is 6.26 Å².